The minimum absolute atomic E-state index is 0.115. The van der Waals surface area contributed by atoms with Gasteiger partial charge in [0, 0.05) is 32.5 Å². The highest BCUT2D eigenvalue weighted by Gasteiger charge is 2.57. The number of cyclic esters (lactones) is 1. The summed E-state index contributed by atoms with van der Waals surface area (Å²) in [4.78, 5) is 44.7. The fourth-order valence-corrected chi connectivity index (χ4v) is 11.5. The van der Waals surface area contributed by atoms with Gasteiger partial charge < -0.3 is 57.0 Å². The van der Waals surface area contributed by atoms with Crippen LogP contribution in [0, 0.1) is 23.2 Å². The summed E-state index contributed by atoms with van der Waals surface area (Å²) in [5.41, 5.74) is -2.24. The molecule has 71 heavy (non-hydrogen) atoms. The summed E-state index contributed by atoms with van der Waals surface area (Å²) in [6, 6.07) is 17.3. The van der Waals surface area contributed by atoms with Gasteiger partial charge in [0.2, 0.25) is 0 Å². The monoisotopic (exact) mass is 994 g/mol. The number of fused-ring (bicyclic) bond motifs is 2. The summed E-state index contributed by atoms with van der Waals surface area (Å²) in [6.07, 6.45) is -6.88. The van der Waals surface area contributed by atoms with E-state index in [-0.39, 0.29) is 36.5 Å². The molecule has 0 saturated carbocycles. The van der Waals surface area contributed by atoms with Gasteiger partial charge in [-0.25, -0.2) is 9.59 Å². The highest BCUT2D eigenvalue weighted by Crippen LogP contribution is 2.47. The number of carbonyl (C=O) groups is 3. The van der Waals surface area contributed by atoms with Gasteiger partial charge in [0.25, 0.3) is 0 Å². The first-order chi connectivity index (χ1) is 33.3. The first-order valence-electron chi connectivity index (χ1n) is 25.5. The Morgan fingerprint density at radius 2 is 1.30 bits per heavy atom. The number of hydrogen-bond acceptors (Lipinski definition) is 15. The van der Waals surface area contributed by atoms with Crippen molar-refractivity contribution in [2.45, 2.75) is 199 Å². The van der Waals surface area contributed by atoms with Crippen molar-refractivity contribution in [3.8, 4) is 0 Å². The van der Waals surface area contributed by atoms with Crippen molar-refractivity contribution < 1.29 is 66.5 Å². The number of hydrogen-bond donors (Lipinski definition) is 0. The molecule has 4 aliphatic heterocycles. The van der Waals surface area contributed by atoms with E-state index in [0.717, 1.165) is 0 Å². The molecule has 0 radical (unpaired) electrons. The van der Waals surface area contributed by atoms with Gasteiger partial charge in [-0.15, -0.1) is 0 Å². The van der Waals surface area contributed by atoms with Gasteiger partial charge in [0.1, 0.15) is 11.7 Å². The molecular formula is C56H83NO14. The molecule has 4 saturated heterocycles. The SMILES string of the molecule is C=C1C(CC)OC(=O)C(C)(C)C(O[C@H]2C[C@@](C)(OC)[C@@H](OC(=O)c3ccccc3)[C@H](C)O2)[C@H](C)[C@@H](O[C@@H]2O[C@H](C)C[C@H](N(C)C)[C@H]2OC(=O)c2ccccc2)[C@](C)(OC)C[C@@H](C)[C@@H]2OC(C)(C)O[C@@H]1[C@H]2C. The average Bonchev–Trinajstić information content (AvgIpc) is 3.33. The van der Waals surface area contributed by atoms with E-state index in [0.29, 0.717) is 36.0 Å². The molecule has 0 spiro atoms. The molecule has 4 heterocycles. The molecular weight excluding hydrogens is 911 g/mol. The fraction of sp³-hybridized carbons (Fsp3) is 0.696. The van der Waals surface area contributed by atoms with Crippen LogP contribution in [0.15, 0.2) is 72.8 Å². The minimum atomic E-state index is -1.41. The highest BCUT2D eigenvalue weighted by molar-refractivity contribution is 5.90. The molecule has 0 amide bonds. The van der Waals surface area contributed by atoms with Crippen LogP contribution in [0.25, 0.3) is 0 Å². The van der Waals surface area contributed by atoms with E-state index in [4.69, 9.17) is 52.1 Å². The quantitative estimate of drug-likeness (QED) is 0.113. The van der Waals surface area contributed by atoms with E-state index in [1.54, 1.807) is 76.6 Å². The smallest absolute Gasteiger partial charge is 0.338 e. The number of nitrogens with zero attached hydrogens (tertiary/aromatic N) is 1. The van der Waals surface area contributed by atoms with Gasteiger partial charge in [-0.3, -0.25) is 4.79 Å². The first kappa shape index (κ1) is 56.5. The van der Waals surface area contributed by atoms with Crippen molar-refractivity contribution in [3.63, 3.8) is 0 Å². The van der Waals surface area contributed by atoms with Gasteiger partial charge in [0.15, 0.2) is 30.6 Å². The lowest BCUT2D eigenvalue weighted by Gasteiger charge is -2.53. The normalized spacial score (nSPS) is 38.9. The zero-order valence-electron chi connectivity index (χ0n) is 45.1. The maximum absolute atomic E-state index is 15.2. The van der Waals surface area contributed by atoms with Crippen molar-refractivity contribution in [2.24, 2.45) is 23.2 Å². The molecule has 0 aromatic heterocycles. The summed E-state index contributed by atoms with van der Waals surface area (Å²) >= 11 is 0. The molecule has 2 aromatic rings. The van der Waals surface area contributed by atoms with Crippen LogP contribution < -0.4 is 0 Å². The summed E-state index contributed by atoms with van der Waals surface area (Å²) in [5, 5.41) is 0. The number of benzene rings is 2. The molecule has 15 nitrogen and oxygen atoms in total. The van der Waals surface area contributed by atoms with Crippen LogP contribution in [0.2, 0.25) is 0 Å². The van der Waals surface area contributed by atoms with Crippen molar-refractivity contribution in [2.75, 3.05) is 28.3 Å². The van der Waals surface area contributed by atoms with Crippen molar-refractivity contribution in [1.82, 2.24) is 4.90 Å². The molecule has 0 aliphatic carbocycles. The van der Waals surface area contributed by atoms with E-state index >= 15 is 4.79 Å². The number of carbonyl (C=O) groups excluding carboxylic acids is 3. The average molecular weight is 994 g/mol. The van der Waals surface area contributed by atoms with Gasteiger partial charge >= 0.3 is 17.9 Å². The van der Waals surface area contributed by atoms with Gasteiger partial charge in [-0.1, -0.05) is 70.7 Å². The third-order valence-corrected chi connectivity index (χ3v) is 15.5. The lowest BCUT2D eigenvalue weighted by Crippen LogP contribution is -2.63. The molecule has 2 unspecified atom stereocenters. The topological polar surface area (TPSA) is 156 Å². The van der Waals surface area contributed by atoms with Crippen LogP contribution >= 0.6 is 0 Å². The molecule has 17 atom stereocenters. The second-order valence-electron chi connectivity index (χ2n) is 22.2. The molecule has 15 heteroatoms. The van der Waals surface area contributed by atoms with E-state index < -0.39 is 102 Å². The standard InChI is InChI=1S/C56H83NO14/c1-18-41-34(4)44-35(5)43(70-54(10,11)71-44)32(2)30-55(12,61-16)47(69-51-45(40(57(14)15)29-33(3)63-51)67-49(58)38-25-21-19-22-26-38)36(6)46(53(8,9)52(60)65-41)66-42-31-56(13,62-17)48(37(7)64-42)68-50(59)39-27-23-20-24-28-39/h19-28,32-33,35-37,40-48,51H,4,18,29-31H2,1-3,5-17H3/t32-,33-,35+,36+,37+,40+,41?,42+,43+,44+,45-,46?,47-,48+,51+,55-,56-/m1/s1. The molecule has 0 N–H and O–H groups in total. The lowest BCUT2D eigenvalue weighted by atomic mass is 9.71. The minimum Gasteiger partial charge on any atom is -0.457 e. The second kappa shape index (κ2) is 22.8. The Labute approximate surface area is 422 Å². The zero-order chi connectivity index (χ0) is 52.4. The predicted molar refractivity (Wildman–Crippen MR) is 266 cm³/mol. The second-order valence-corrected chi connectivity index (χ2v) is 22.2. The Hall–Kier alpha value is -3.77. The highest BCUT2D eigenvalue weighted by atomic mass is 16.7. The zero-order valence-corrected chi connectivity index (χ0v) is 45.1. The van der Waals surface area contributed by atoms with E-state index in [2.05, 4.69) is 20.4 Å². The number of likely N-dealkylation sites (N-methyl/N-ethyl adjacent to an activating group) is 1. The van der Waals surface area contributed by atoms with Crippen LogP contribution in [0.1, 0.15) is 129 Å². The molecule has 4 fully saturated rings. The Morgan fingerprint density at radius 1 is 0.732 bits per heavy atom. The first-order valence-corrected chi connectivity index (χ1v) is 25.5. The van der Waals surface area contributed by atoms with Gasteiger partial charge in [-0.2, -0.15) is 0 Å². The Bertz CT molecular complexity index is 2120. The maximum Gasteiger partial charge on any atom is 0.338 e. The number of esters is 3. The number of rotatable bonds is 12. The maximum atomic E-state index is 15.2. The van der Waals surface area contributed by atoms with Crippen LogP contribution in [0.4, 0.5) is 0 Å². The van der Waals surface area contributed by atoms with Crippen LogP contribution in [-0.2, 0) is 56.9 Å². The van der Waals surface area contributed by atoms with Crippen molar-refractivity contribution >= 4 is 17.9 Å². The summed E-state index contributed by atoms with van der Waals surface area (Å²) in [5.74, 6) is -3.67. The van der Waals surface area contributed by atoms with E-state index in [1.165, 1.54) is 0 Å². The molecule has 4 aliphatic rings. The largest absolute Gasteiger partial charge is 0.457 e. The summed E-state index contributed by atoms with van der Waals surface area (Å²) < 4.78 is 73.5. The molecule has 2 bridgehead atoms. The third kappa shape index (κ3) is 12.4. The molecule has 2 aromatic carbocycles. The Balaban J connectivity index is 1.47. The third-order valence-electron chi connectivity index (χ3n) is 15.5. The van der Waals surface area contributed by atoms with Crippen molar-refractivity contribution in [1.29, 1.82) is 0 Å². The van der Waals surface area contributed by atoms with Crippen LogP contribution in [0.5, 0.6) is 0 Å². The lowest BCUT2D eigenvalue weighted by molar-refractivity contribution is -0.331. The molecule has 396 valence electrons. The summed E-state index contributed by atoms with van der Waals surface area (Å²) in [6.45, 7) is 27.7. The molecule has 6 rings (SSSR count). The van der Waals surface area contributed by atoms with Crippen molar-refractivity contribution in [3.05, 3.63) is 83.9 Å². The Morgan fingerprint density at radius 3 is 1.85 bits per heavy atom. The van der Waals surface area contributed by atoms with Gasteiger partial charge in [0.05, 0.1) is 64.8 Å². The fourth-order valence-electron chi connectivity index (χ4n) is 11.5. The van der Waals surface area contributed by atoms with Crippen LogP contribution in [-0.4, -0.2) is 142 Å². The van der Waals surface area contributed by atoms with Crippen LogP contribution in [0.3, 0.4) is 0 Å². The predicted octanol–water partition coefficient (Wildman–Crippen LogP) is 8.95. The number of methoxy groups -OCH3 is 2. The summed E-state index contributed by atoms with van der Waals surface area (Å²) in [7, 11) is 7.10. The van der Waals surface area contributed by atoms with E-state index in [9.17, 15) is 9.59 Å². The van der Waals surface area contributed by atoms with Gasteiger partial charge in [-0.05, 0) is 125 Å². The Kier molecular flexibility index (Phi) is 18.1. The van der Waals surface area contributed by atoms with E-state index in [1.807, 2.05) is 86.5 Å². The number of ether oxygens (including phenoxy) is 11.